The molecule has 2 atom stereocenters. The lowest BCUT2D eigenvalue weighted by Gasteiger charge is -2.24. The molecule has 2 aromatic rings. The van der Waals surface area contributed by atoms with Gasteiger partial charge in [-0.1, -0.05) is 12.2 Å². The summed E-state index contributed by atoms with van der Waals surface area (Å²) < 4.78 is 15.4. The number of amides is 2. The van der Waals surface area contributed by atoms with E-state index in [1.54, 1.807) is 30.4 Å². The van der Waals surface area contributed by atoms with Gasteiger partial charge >= 0.3 is 11.9 Å². The van der Waals surface area contributed by atoms with Crippen LogP contribution in [0.4, 0.5) is 11.4 Å². The van der Waals surface area contributed by atoms with Gasteiger partial charge in [-0.3, -0.25) is 14.4 Å². The number of anilines is 2. The van der Waals surface area contributed by atoms with Crippen molar-refractivity contribution in [1.82, 2.24) is 0 Å². The Morgan fingerprint density at radius 2 is 1.49 bits per heavy atom. The highest BCUT2D eigenvalue weighted by Crippen LogP contribution is 2.30. The molecule has 0 aliphatic heterocycles. The lowest BCUT2D eigenvalue weighted by Crippen LogP contribution is -2.34. The predicted molar refractivity (Wildman–Crippen MR) is 127 cm³/mol. The number of methoxy groups -OCH3 is 2. The monoisotopic (exact) mass is 482 g/mol. The number of rotatable bonds is 9. The Morgan fingerprint density at radius 3 is 2.11 bits per heavy atom. The number of carbonyl (C=O) groups excluding carboxylic acids is 3. The van der Waals surface area contributed by atoms with Crippen molar-refractivity contribution in [3.63, 3.8) is 0 Å². The number of carboxylic acids is 1. The van der Waals surface area contributed by atoms with Gasteiger partial charge in [0.1, 0.15) is 0 Å². The minimum Gasteiger partial charge on any atom is -0.493 e. The number of hydrogen-bond donors (Lipinski definition) is 3. The Morgan fingerprint density at radius 1 is 0.857 bits per heavy atom. The summed E-state index contributed by atoms with van der Waals surface area (Å²) in [6, 6.07) is 10.7. The van der Waals surface area contributed by atoms with Gasteiger partial charge in [0.2, 0.25) is 5.91 Å². The number of hydrogen-bond acceptors (Lipinski definition) is 7. The lowest BCUT2D eigenvalue weighted by atomic mass is 9.82. The summed E-state index contributed by atoms with van der Waals surface area (Å²) in [4.78, 5) is 48.4. The first-order chi connectivity index (χ1) is 16.8. The van der Waals surface area contributed by atoms with E-state index in [0.29, 0.717) is 35.7 Å². The van der Waals surface area contributed by atoms with Crippen LogP contribution < -0.4 is 20.1 Å². The average molecular weight is 482 g/mol. The third kappa shape index (κ3) is 6.59. The average Bonchev–Trinajstić information content (AvgIpc) is 2.87. The summed E-state index contributed by atoms with van der Waals surface area (Å²) in [6.07, 6.45) is 4.21. The normalized spacial score (nSPS) is 16.6. The molecule has 2 amide bonds. The fourth-order valence-corrected chi connectivity index (χ4v) is 3.63. The van der Waals surface area contributed by atoms with E-state index in [-0.39, 0.29) is 5.56 Å². The number of carboxylic acid groups (broad SMARTS) is 1. The second kappa shape index (κ2) is 11.7. The molecule has 0 spiro atoms. The molecule has 0 saturated carbocycles. The number of ether oxygens (including phenoxy) is 3. The van der Waals surface area contributed by atoms with Gasteiger partial charge in [0.15, 0.2) is 18.1 Å². The van der Waals surface area contributed by atoms with Crippen LogP contribution in [-0.4, -0.2) is 49.7 Å². The van der Waals surface area contributed by atoms with Crippen LogP contribution in [0.3, 0.4) is 0 Å². The quantitative estimate of drug-likeness (QED) is 0.366. The molecular weight excluding hydrogens is 456 g/mol. The summed E-state index contributed by atoms with van der Waals surface area (Å²) >= 11 is 0. The largest absolute Gasteiger partial charge is 0.493 e. The van der Waals surface area contributed by atoms with Crippen LogP contribution >= 0.6 is 0 Å². The third-order valence-corrected chi connectivity index (χ3v) is 5.48. The van der Waals surface area contributed by atoms with Crippen molar-refractivity contribution >= 4 is 35.1 Å². The minimum atomic E-state index is -1.01. The number of aliphatic carboxylic acids is 1. The van der Waals surface area contributed by atoms with Gasteiger partial charge in [0, 0.05) is 17.4 Å². The summed E-state index contributed by atoms with van der Waals surface area (Å²) in [5.74, 6) is -3.17. The molecule has 184 valence electrons. The van der Waals surface area contributed by atoms with Crippen molar-refractivity contribution in [2.75, 3.05) is 31.5 Å². The van der Waals surface area contributed by atoms with Crippen LogP contribution in [0.25, 0.3) is 0 Å². The van der Waals surface area contributed by atoms with Crippen LogP contribution in [0.5, 0.6) is 11.5 Å². The highest BCUT2D eigenvalue weighted by atomic mass is 16.5. The molecule has 10 heteroatoms. The molecule has 3 rings (SSSR count). The number of esters is 1. The number of allylic oxidation sites excluding steroid dienone is 2. The zero-order valence-corrected chi connectivity index (χ0v) is 19.3. The molecule has 3 N–H and O–H groups in total. The summed E-state index contributed by atoms with van der Waals surface area (Å²) in [6.45, 7) is -0.503. The third-order valence-electron chi connectivity index (χ3n) is 5.48. The van der Waals surface area contributed by atoms with Gasteiger partial charge in [-0.05, 0) is 49.2 Å². The molecule has 10 nitrogen and oxygen atoms in total. The first-order valence-corrected chi connectivity index (χ1v) is 10.8. The maximum atomic E-state index is 12.5. The van der Waals surface area contributed by atoms with Gasteiger partial charge < -0.3 is 30.0 Å². The number of carbonyl (C=O) groups is 4. The molecule has 0 heterocycles. The topological polar surface area (TPSA) is 140 Å². The molecule has 2 aromatic carbocycles. The molecule has 35 heavy (non-hydrogen) atoms. The van der Waals surface area contributed by atoms with E-state index < -0.39 is 42.2 Å². The van der Waals surface area contributed by atoms with Gasteiger partial charge in [0.05, 0.1) is 31.6 Å². The highest BCUT2D eigenvalue weighted by molar-refractivity contribution is 5.97. The first kappa shape index (κ1) is 25.3. The molecule has 0 radical (unpaired) electrons. The van der Waals surface area contributed by atoms with Crippen LogP contribution in [0, 0.1) is 11.8 Å². The van der Waals surface area contributed by atoms with Crippen LogP contribution in [-0.2, 0) is 19.1 Å². The van der Waals surface area contributed by atoms with E-state index in [2.05, 4.69) is 10.6 Å². The van der Waals surface area contributed by atoms with E-state index in [1.165, 1.54) is 38.5 Å². The van der Waals surface area contributed by atoms with Crippen LogP contribution in [0.2, 0.25) is 0 Å². The van der Waals surface area contributed by atoms with Gasteiger partial charge in [0.25, 0.3) is 5.91 Å². The fraction of sp³-hybridized carbons (Fsp3) is 0.280. The Hall–Kier alpha value is -4.34. The standard InChI is InChI=1S/C25H26N2O8/c1-33-20-12-11-17(13-21(20)34-2)26-22(28)14-35-25(32)15-7-9-16(10-8-15)27-23(29)18-5-3-4-6-19(18)24(30)31/h3-4,7-13,18-19H,5-6,14H2,1-2H3,(H,26,28)(H,27,29)(H,30,31)/t18-,19+/m0/s1. The first-order valence-electron chi connectivity index (χ1n) is 10.8. The predicted octanol–water partition coefficient (Wildman–Crippen LogP) is 3.10. The molecule has 0 bridgehead atoms. The maximum Gasteiger partial charge on any atom is 0.338 e. The lowest BCUT2D eigenvalue weighted by molar-refractivity contribution is -0.146. The highest BCUT2D eigenvalue weighted by Gasteiger charge is 2.33. The number of nitrogens with one attached hydrogen (secondary N) is 2. The molecule has 1 aliphatic rings. The van der Waals surface area contributed by atoms with Crippen molar-refractivity contribution in [3.05, 3.63) is 60.2 Å². The Bertz CT molecular complexity index is 1130. The van der Waals surface area contributed by atoms with Crippen LogP contribution in [0.1, 0.15) is 23.2 Å². The molecule has 0 unspecified atom stereocenters. The fourth-order valence-electron chi connectivity index (χ4n) is 3.63. The second-order valence-electron chi connectivity index (χ2n) is 7.75. The summed E-state index contributed by atoms with van der Waals surface area (Å²) in [5.41, 5.74) is 1.05. The van der Waals surface area contributed by atoms with E-state index in [9.17, 15) is 24.3 Å². The molecule has 0 saturated heterocycles. The smallest absolute Gasteiger partial charge is 0.338 e. The summed E-state index contributed by atoms with van der Waals surface area (Å²) in [7, 11) is 2.97. The summed E-state index contributed by atoms with van der Waals surface area (Å²) in [5, 5.41) is 14.6. The SMILES string of the molecule is COc1ccc(NC(=O)COC(=O)c2ccc(NC(=O)[C@H]3CC=CC[C@H]3C(=O)O)cc2)cc1OC. The van der Waals surface area contributed by atoms with Gasteiger partial charge in [-0.25, -0.2) is 4.79 Å². The van der Waals surface area contributed by atoms with Crippen molar-refractivity contribution in [3.8, 4) is 11.5 Å². The van der Waals surface area contributed by atoms with Gasteiger partial charge in [-0.15, -0.1) is 0 Å². The molecule has 1 aliphatic carbocycles. The molecule has 0 aromatic heterocycles. The van der Waals surface area contributed by atoms with Crippen molar-refractivity contribution in [2.45, 2.75) is 12.8 Å². The molecule has 0 fully saturated rings. The zero-order chi connectivity index (χ0) is 25.4. The van der Waals surface area contributed by atoms with Crippen molar-refractivity contribution in [2.24, 2.45) is 11.8 Å². The van der Waals surface area contributed by atoms with Gasteiger partial charge in [-0.2, -0.15) is 0 Å². The van der Waals surface area contributed by atoms with E-state index in [0.717, 1.165) is 0 Å². The van der Waals surface area contributed by atoms with E-state index >= 15 is 0 Å². The second-order valence-corrected chi connectivity index (χ2v) is 7.75. The molecular formula is C25H26N2O8. The zero-order valence-electron chi connectivity index (χ0n) is 19.3. The minimum absolute atomic E-state index is 0.186. The maximum absolute atomic E-state index is 12.5. The van der Waals surface area contributed by atoms with Crippen molar-refractivity contribution < 1.29 is 38.5 Å². The van der Waals surface area contributed by atoms with E-state index in [1.807, 2.05) is 0 Å². The number of benzene rings is 2. The van der Waals surface area contributed by atoms with Crippen molar-refractivity contribution in [1.29, 1.82) is 0 Å². The Labute approximate surface area is 201 Å². The Kier molecular flexibility index (Phi) is 8.44. The van der Waals surface area contributed by atoms with E-state index in [4.69, 9.17) is 14.2 Å². The Balaban J connectivity index is 1.51. The van der Waals surface area contributed by atoms with Crippen LogP contribution in [0.15, 0.2) is 54.6 Å².